The molecule has 2 aromatic carbocycles. The lowest BCUT2D eigenvalue weighted by Crippen LogP contribution is -2.54. The standard InChI is InChI=1S/C39H44N2P2/c1-37(2,3)29-19-30(38-21-24-16-25(22-38)18-28(17-24)32(38)23-42)31(20-29)39(43,35-14-12-26-8-4-6-10-33(26)40-35)36-15-13-27-9-5-7-11-34(27)41-36/h4-15,19,24-25,28,32H,16-18,20-23,42-43H2,1-3H3. The Morgan fingerprint density at radius 2 is 1.33 bits per heavy atom. The normalized spacial score (nSPS) is 28.7. The monoisotopic (exact) mass is 602 g/mol. The summed E-state index contributed by atoms with van der Waals surface area (Å²) >= 11 is 0. The second-order valence-electron chi connectivity index (χ2n) is 15.2. The van der Waals surface area contributed by atoms with Gasteiger partial charge in [-0.1, -0.05) is 81.0 Å². The lowest BCUT2D eigenvalue weighted by molar-refractivity contribution is -0.0764. The summed E-state index contributed by atoms with van der Waals surface area (Å²) in [5.74, 6) is 3.35. The molecule has 0 spiro atoms. The Balaban J connectivity index is 1.41. The Morgan fingerprint density at radius 1 is 0.767 bits per heavy atom. The molecular weight excluding hydrogens is 558 g/mol. The van der Waals surface area contributed by atoms with Crippen LogP contribution < -0.4 is 0 Å². The Morgan fingerprint density at radius 3 is 1.86 bits per heavy atom. The van der Waals surface area contributed by atoms with Crippen molar-refractivity contribution in [2.75, 3.05) is 6.16 Å². The molecule has 2 aromatic heterocycles. The van der Waals surface area contributed by atoms with Crippen LogP contribution in [0.4, 0.5) is 0 Å². The Labute approximate surface area is 261 Å². The topological polar surface area (TPSA) is 25.8 Å². The summed E-state index contributed by atoms with van der Waals surface area (Å²) in [6.07, 6.45) is 11.9. The van der Waals surface area contributed by atoms with Crippen molar-refractivity contribution in [3.05, 3.63) is 107 Å². The highest BCUT2D eigenvalue weighted by Crippen LogP contribution is 2.69. The van der Waals surface area contributed by atoms with E-state index in [1.165, 1.54) is 54.6 Å². The minimum absolute atomic E-state index is 0.102. The first-order valence-electron chi connectivity index (χ1n) is 16.4. The van der Waals surface area contributed by atoms with Gasteiger partial charge in [-0.25, -0.2) is 0 Å². The summed E-state index contributed by atoms with van der Waals surface area (Å²) in [7, 11) is 6.56. The molecule has 4 saturated carbocycles. The fourth-order valence-electron chi connectivity index (χ4n) is 9.87. The number of fused-ring (bicyclic) bond motifs is 2. The van der Waals surface area contributed by atoms with E-state index < -0.39 is 5.16 Å². The van der Waals surface area contributed by atoms with Gasteiger partial charge in [0, 0.05) is 10.8 Å². The van der Waals surface area contributed by atoms with E-state index in [1.54, 1.807) is 11.1 Å². The first-order chi connectivity index (χ1) is 20.7. The number of aromatic nitrogens is 2. The number of rotatable bonds is 5. The second-order valence-corrected chi connectivity index (χ2v) is 16.5. The van der Waals surface area contributed by atoms with E-state index >= 15 is 0 Å². The maximum atomic E-state index is 5.43. The molecule has 4 aromatic rings. The molecule has 43 heavy (non-hydrogen) atoms. The highest BCUT2D eigenvalue weighted by molar-refractivity contribution is 7.19. The molecule has 4 bridgehead atoms. The number of benzene rings is 2. The molecule has 4 heteroatoms. The third kappa shape index (κ3) is 4.34. The van der Waals surface area contributed by atoms with Crippen molar-refractivity contribution in [2.45, 2.75) is 64.5 Å². The minimum Gasteiger partial charge on any atom is -0.251 e. The van der Waals surface area contributed by atoms with Gasteiger partial charge in [0.05, 0.1) is 27.6 Å². The van der Waals surface area contributed by atoms with Gasteiger partial charge in [0.1, 0.15) is 0 Å². The fourth-order valence-corrected chi connectivity index (χ4v) is 11.3. The molecule has 0 N–H and O–H groups in total. The van der Waals surface area contributed by atoms with Crippen LogP contribution in [0.3, 0.4) is 0 Å². The van der Waals surface area contributed by atoms with Crippen molar-refractivity contribution >= 4 is 40.3 Å². The van der Waals surface area contributed by atoms with E-state index in [2.05, 4.69) is 118 Å². The van der Waals surface area contributed by atoms with E-state index in [4.69, 9.17) is 9.97 Å². The zero-order valence-corrected chi connectivity index (χ0v) is 28.1. The van der Waals surface area contributed by atoms with Crippen molar-refractivity contribution in [3.8, 4) is 0 Å². The summed E-state index contributed by atoms with van der Waals surface area (Å²) in [6, 6.07) is 26.2. The number of para-hydroxylation sites is 2. The smallest absolute Gasteiger partial charge is 0.0903 e. The molecule has 0 saturated heterocycles. The maximum Gasteiger partial charge on any atom is 0.0903 e. The third-order valence-corrected chi connectivity index (χ3v) is 13.2. The van der Waals surface area contributed by atoms with E-state index in [-0.39, 0.29) is 10.8 Å². The molecule has 0 amide bonds. The van der Waals surface area contributed by atoms with Crippen molar-refractivity contribution < 1.29 is 0 Å². The number of pyridine rings is 2. The molecule has 2 heterocycles. The number of hydrogen-bond donors (Lipinski definition) is 0. The average Bonchev–Trinajstić information content (AvgIpc) is 3.48. The molecule has 220 valence electrons. The first-order valence-corrected chi connectivity index (χ1v) is 17.7. The minimum atomic E-state index is -0.526. The highest BCUT2D eigenvalue weighted by atomic mass is 31.0. The van der Waals surface area contributed by atoms with Gasteiger partial charge in [-0.15, -0.1) is 18.5 Å². The molecule has 9 rings (SSSR count). The van der Waals surface area contributed by atoms with Gasteiger partial charge in [0.2, 0.25) is 0 Å². The molecule has 0 aliphatic heterocycles. The van der Waals surface area contributed by atoms with Gasteiger partial charge in [0.15, 0.2) is 0 Å². The van der Waals surface area contributed by atoms with Crippen molar-refractivity contribution in [1.29, 1.82) is 0 Å². The van der Waals surface area contributed by atoms with Crippen molar-refractivity contribution in [3.63, 3.8) is 0 Å². The van der Waals surface area contributed by atoms with Crippen LogP contribution in [0.15, 0.2) is 95.6 Å². The Bertz CT molecular complexity index is 1720. The molecule has 4 fully saturated rings. The van der Waals surface area contributed by atoms with Gasteiger partial charge in [0.25, 0.3) is 0 Å². The van der Waals surface area contributed by atoms with E-state index in [9.17, 15) is 0 Å². The quantitative estimate of drug-likeness (QED) is 0.213. The van der Waals surface area contributed by atoms with Crippen molar-refractivity contribution in [1.82, 2.24) is 9.97 Å². The van der Waals surface area contributed by atoms with Crippen LogP contribution in [0.2, 0.25) is 0 Å². The fraction of sp³-hybridized carbons (Fsp3) is 0.436. The van der Waals surface area contributed by atoms with Crippen LogP contribution >= 0.6 is 18.5 Å². The van der Waals surface area contributed by atoms with Crippen LogP contribution in [-0.4, -0.2) is 16.1 Å². The number of allylic oxidation sites excluding steroid dienone is 4. The lowest BCUT2D eigenvalue weighted by atomic mass is 9.43. The van der Waals surface area contributed by atoms with Gasteiger partial charge < -0.3 is 0 Å². The van der Waals surface area contributed by atoms with Gasteiger partial charge >= 0.3 is 0 Å². The Kier molecular flexibility index (Phi) is 6.57. The lowest BCUT2D eigenvalue weighted by Gasteiger charge is -2.62. The molecule has 5 aliphatic rings. The highest BCUT2D eigenvalue weighted by Gasteiger charge is 2.59. The average molecular weight is 603 g/mol. The first kappa shape index (κ1) is 28.1. The predicted molar refractivity (Wildman–Crippen MR) is 187 cm³/mol. The summed E-state index contributed by atoms with van der Waals surface area (Å²) in [4.78, 5) is 10.9. The van der Waals surface area contributed by atoms with Crippen LogP contribution in [0.5, 0.6) is 0 Å². The second kappa shape index (κ2) is 10.1. The number of hydrogen-bond acceptors (Lipinski definition) is 2. The van der Waals surface area contributed by atoms with Gasteiger partial charge in [-0.05, 0) is 115 Å². The summed E-state index contributed by atoms with van der Waals surface area (Å²) in [5.41, 5.74) is 9.35. The molecular formula is C39H44N2P2. The molecule has 0 radical (unpaired) electrons. The van der Waals surface area contributed by atoms with Crippen LogP contribution in [-0.2, 0) is 5.16 Å². The van der Waals surface area contributed by atoms with E-state index in [1.807, 2.05) is 0 Å². The zero-order valence-electron chi connectivity index (χ0n) is 25.8. The van der Waals surface area contributed by atoms with Gasteiger partial charge in [-0.3, -0.25) is 9.97 Å². The summed E-state index contributed by atoms with van der Waals surface area (Å²) < 4.78 is 0. The van der Waals surface area contributed by atoms with Crippen molar-refractivity contribution in [2.24, 2.45) is 34.5 Å². The summed E-state index contributed by atoms with van der Waals surface area (Å²) in [6.45, 7) is 7.21. The molecule has 2 nitrogen and oxygen atoms in total. The van der Waals surface area contributed by atoms with E-state index in [0.717, 1.165) is 52.5 Å². The third-order valence-electron chi connectivity index (χ3n) is 11.8. The van der Waals surface area contributed by atoms with Crippen LogP contribution in [0.1, 0.15) is 70.7 Å². The predicted octanol–water partition coefficient (Wildman–Crippen LogP) is 9.89. The van der Waals surface area contributed by atoms with Crippen LogP contribution in [0.25, 0.3) is 21.8 Å². The SMILES string of the molecule is CC(C)(C)C1=CC(C23CC4CC(CC(C4)C2CP)C3)=C(C(P)(c2ccc3ccccc3n2)c2ccc3ccccc3n2)C1. The van der Waals surface area contributed by atoms with Crippen LogP contribution in [0, 0.1) is 34.5 Å². The molecule has 5 aliphatic carbocycles. The summed E-state index contributed by atoms with van der Waals surface area (Å²) in [5, 5.41) is 1.84. The zero-order chi connectivity index (χ0) is 29.6. The molecule has 5 unspecified atom stereocenters. The largest absolute Gasteiger partial charge is 0.251 e. The maximum absolute atomic E-state index is 5.43. The Hall–Kier alpha value is -2.40. The number of nitrogens with zero attached hydrogens (tertiary/aromatic N) is 2. The van der Waals surface area contributed by atoms with E-state index in [0.29, 0.717) is 0 Å². The van der Waals surface area contributed by atoms with Gasteiger partial charge in [-0.2, -0.15) is 0 Å². The molecule has 5 atom stereocenters.